The van der Waals surface area contributed by atoms with E-state index < -0.39 is 0 Å². The molecule has 3 nitrogen and oxygen atoms in total. The maximum absolute atomic E-state index is 11.5. The fourth-order valence-electron chi connectivity index (χ4n) is 1.51. The molecule has 0 unspecified atom stereocenters. The van der Waals surface area contributed by atoms with Crippen molar-refractivity contribution in [3.63, 3.8) is 0 Å². The van der Waals surface area contributed by atoms with Gasteiger partial charge in [0.15, 0.2) is 0 Å². The first-order valence-electron chi connectivity index (χ1n) is 4.95. The Morgan fingerprint density at radius 2 is 2.00 bits per heavy atom. The molecule has 2 rings (SSSR count). The minimum absolute atomic E-state index is 0.117. The number of aromatic nitrogens is 2. The Bertz CT molecular complexity index is 546. The lowest BCUT2D eigenvalue weighted by Gasteiger charge is -2.01. The monoisotopic (exact) mass is 278 g/mol. The van der Waals surface area contributed by atoms with Gasteiger partial charge >= 0.3 is 0 Å². The van der Waals surface area contributed by atoms with Crippen LogP contribution in [-0.2, 0) is 6.42 Å². The van der Waals surface area contributed by atoms with Crippen molar-refractivity contribution >= 4 is 15.9 Å². The van der Waals surface area contributed by atoms with E-state index in [0.29, 0.717) is 6.42 Å². The van der Waals surface area contributed by atoms with Crippen LogP contribution in [-0.4, -0.2) is 10.2 Å². The summed E-state index contributed by atoms with van der Waals surface area (Å²) in [7, 11) is 0. The molecule has 0 aliphatic heterocycles. The van der Waals surface area contributed by atoms with Crippen molar-refractivity contribution in [2.24, 2.45) is 0 Å². The van der Waals surface area contributed by atoms with Gasteiger partial charge < -0.3 is 0 Å². The number of aromatic amines is 1. The van der Waals surface area contributed by atoms with E-state index in [1.54, 1.807) is 0 Å². The predicted octanol–water partition coefficient (Wildman–Crippen LogP) is 2.43. The molecule has 1 heterocycles. The van der Waals surface area contributed by atoms with Gasteiger partial charge in [-0.3, -0.25) is 4.79 Å². The number of H-pyrrole nitrogens is 1. The van der Waals surface area contributed by atoms with Crippen molar-refractivity contribution in [2.75, 3.05) is 0 Å². The zero-order valence-corrected chi connectivity index (χ0v) is 10.4. The quantitative estimate of drug-likeness (QED) is 0.917. The Morgan fingerprint density at radius 1 is 1.31 bits per heavy atom. The molecular formula is C12H11BrN2O. The average Bonchev–Trinajstić information content (AvgIpc) is 2.27. The van der Waals surface area contributed by atoms with Gasteiger partial charge in [0.1, 0.15) is 0 Å². The Hall–Kier alpha value is -1.42. The van der Waals surface area contributed by atoms with Gasteiger partial charge in [0, 0.05) is 16.5 Å². The molecule has 2 aromatic rings. The van der Waals surface area contributed by atoms with E-state index >= 15 is 0 Å². The van der Waals surface area contributed by atoms with Crippen LogP contribution in [0, 0.1) is 6.92 Å². The van der Waals surface area contributed by atoms with Crippen LogP contribution in [0.15, 0.2) is 39.6 Å². The van der Waals surface area contributed by atoms with Crippen molar-refractivity contribution < 1.29 is 0 Å². The minimum Gasteiger partial charge on any atom is -0.268 e. The van der Waals surface area contributed by atoms with Gasteiger partial charge in [-0.2, -0.15) is 5.10 Å². The SMILES string of the molecule is Cc1cc(Cc2ccc(Br)cc2)c(=O)[nH]n1. The molecule has 4 heteroatoms. The van der Waals surface area contributed by atoms with Crippen LogP contribution in [0.4, 0.5) is 0 Å². The van der Waals surface area contributed by atoms with Crippen LogP contribution in [0.2, 0.25) is 0 Å². The van der Waals surface area contributed by atoms with Crippen LogP contribution in [0.25, 0.3) is 0 Å². The zero-order chi connectivity index (χ0) is 11.5. The largest absolute Gasteiger partial charge is 0.268 e. The molecule has 82 valence electrons. The Balaban J connectivity index is 2.30. The lowest BCUT2D eigenvalue weighted by atomic mass is 10.1. The topological polar surface area (TPSA) is 45.8 Å². The molecule has 0 atom stereocenters. The number of nitrogens with zero attached hydrogens (tertiary/aromatic N) is 1. The normalized spacial score (nSPS) is 10.4. The number of hydrogen-bond acceptors (Lipinski definition) is 2. The van der Waals surface area contributed by atoms with Gasteiger partial charge in [-0.25, -0.2) is 5.10 Å². The molecule has 0 fully saturated rings. The van der Waals surface area contributed by atoms with Crippen LogP contribution >= 0.6 is 15.9 Å². The number of benzene rings is 1. The Labute approximate surface area is 102 Å². The third kappa shape index (κ3) is 2.58. The number of rotatable bonds is 2. The first kappa shape index (κ1) is 11.1. The second-order valence-corrected chi connectivity index (χ2v) is 4.58. The third-order valence-corrected chi connectivity index (χ3v) is 2.85. The van der Waals surface area contributed by atoms with E-state index in [9.17, 15) is 4.79 Å². The second-order valence-electron chi connectivity index (χ2n) is 3.67. The van der Waals surface area contributed by atoms with Gasteiger partial charge in [-0.15, -0.1) is 0 Å². The van der Waals surface area contributed by atoms with Crippen LogP contribution in [0.5, 0.6) is 0 Å². The lowest BCUT2D eigenvalue weighted by Crippen LogP contribution is -2.14. The van der Waals surface area contributed by atoms with E-state index in [4.69, 9.17) is 0 Å². The van der Waals surface area contributed by atoms with Crippen LogP contribution in [0.3, 0.4) is 0 Å². The Kier molecular flexibility index (Phi) is 3.19. The summed E-state index contributed by atoms with van der Waals surface area (Å²) in [6, 6.07) is 9.76. The first-order chi connectivity index (χ1) is 7.65. The van der Waals surface area contributed by atoms with Crippen molar-refractivity contribution in [1.29, 1.82) is 0 Å². The molecule has 0 bridgehead atoms. The zero-order valence-electron chi connectivity index (χ0n) is 8.83. The summed E-state index contributed by atoms with van der Waals surface area (Å²) in [5.41, 5.74) is 2.56. The van der Waals surface area contributed by atoms with E-state index in [0.717, 1.165) is 21.3 Å². The Morgan fingerprint density at radius 3 is 2.69 bits per heavy atom. The fraction of sp³-hybridized carbons (Fsp3) is 0.167. The molecule has 0 radical (unpaired) electrons. The molecule has 1 N–H and O–H groups in total. The molecular weight excluding hydrogens is 268 g/mol. The van der Waals surface area contributed by atoms with Crippen LogP contribution < -0.4 is 5.56 Å². The van der Waals surface area contributed by atoms with E-state index in [1.165, 1.54) is 0 Å². The highest BCUT2D eigenvalue weighted by Gasteiger charge is 2.02. The number of aryl methyl sites for hydroxylation is 1. The van der Waals surface area contributed by atoms with Crippen molar-refractivity contribution in [1.82, 2.24) is 10.2 Å². The molecule has 0 aliphatic carbocycles. The van der Waals surface area contributed by atoms with Crippen molar-refractivity contribution in [3.8, 4) is 0 Å². The summed E-state index contributed by atoms with van der Waals surface area (Å²) in [6.07, 6.45) is 0.631. The second kappa shape index (κ2) is 4.61. The van der Waals surface area contributed by atoms with E-state index in [2.05, 4.69) is 26.1 Å². The summed E-state index contributed by atoms with van der Waals surface area (Å²) in [4.78, 5) is 11.5. The first-order valence-corrected chi connectivity index (χ1v) is 5.74. The summed E-state index contributed by atoms with van der Waals surface area (Å²) in [5.74, 6) is 0. The van der Waals surface area contributed by atoms with Gasteiger partial charge in [-0.1, -0.05) is 28.1 Å². The highest BCUT2D eigenvalue weighted by Crippen LogP contribution is 2.12. The highest BCUT2D eigenvalue weighted by atomic mass is 79.9. The van der Waals surface area contributed by atoms with Gasteiger partial charge in [0.25, 0.3) is 5.56 Å². The molecule has 0 amide bonds. The number of halogens is 1. The van der Waals surface area contributed by atoms with Crippen molar-refractivity contribution in [2.45, 2.75) is 13.3 Å². The predicted molar refractivity (Wildman–Crippen MR) is 66.5 cm³/mol. The molecule has 0 saturated carbocycles. The lowest BCUT2D eigenvalue weighted by molar-refractivity contribution is 0.913. The molecule has 16 heavy (non-hydrogen) atoms. The fourth-order valence-corrected chi connectivity index (χ4v) is 1.78. The molecule has 0 aliphatic rings. The summed E-state index contributed by atoms with van der Waals surface area (Å²) >= 11 is 3.38. The standard InChI is InChI=1S/C12H11BrN2O/c1-8-6-10(12(16)15-14-8)7-9-2-4-11(13)5-3-9/h2-6H,7H2,1H3,(H,15,16). The smallest absolute Gasteiger partial charge is 0.267 e. The van der Waals surface area contributed by atoms with Crippen molar-refractivity contribution in [3.05, 3.63) is 62.0 Å². The molecule has 0 spiro atoms. The summed E-state index contributed by atoms with van der Waals surface area (Å²) in [6.45, 7) is 1.86. The summed E-state index contributed by atoms with van der Waals surface area (Å²) in [5, 5.41) is 6.34. The molecule has 1 aromatic carbocycles. The maximum atomic E-state index is 11.5. The minimum atomic E-state index is -0.117. The van der Waals surface area contributed by atoms with Gasteiger partial charge in [-0.05, 0) is 30.7 Å². The average molecular weight is 279 g/mol. The van der Waals surface area contributed by atoms with Gasteiger partial charge in [0.2, 0.25) is 0 Å². The summed E-state index contributed by atoms with van der Waals surface area (Å²) < 4.78 is 1.04. The molecule has 1 aromatic heterocycles. The maximum Gasteiger partial charge on any atom is 0.267 e. The molecule has 0 saturated heterocycles. The van der Waals surface area contributed by atoms with Crippen LogP contribution in [0.1, 0.15) is 16.8 Å². The van der Waals surface area contributed by atoms with E-state index in [-0.39, 0.29) is 5.56 Å². The highest BCUT2D eigenvalue weighted by molar-refractivity contribution is 9.10. The van der Waals surface area contributed by atoms with E-state index in [1.807, 2.05) is 37.3 Å². The number of nitrogens with one attached hydrogen (secondary N) is 1. The number of hydrogen-bond donors (Lipinski definition) is 1. The third-order valence-electron chi connectivity index (χ3n) is 2.32. The van der Waals surface area contributed by atoms with Gasteiger partial charge in [0.05, 0.1) is 5.69 Å².